The van der Waals surface area contributed by atoms with Gasteiger partial charge in [-0.3, -0.25) is 0 Å². The average molecular weight is 535 g/mol. The van der Waals surface area contributed by atoms with Crippen molar-refractivity contribution in [2.24, 2.45) is 5.92 Å². The van der Waals surface area contributed by atoms with E-state index in [-0.39, 0.29) is 24.8 Å². The molecule has 4 nitrogen and oxygen atoms in total. The number of rotatable bonds is 11. The number of benzene rings is 3. The number of halogens is 3. The van der Waals surface area contributed by atoms with Crippen molar-refractivity contribution in [2.45, 2.75) is 39.8 Å². The zero-order valence-electron chi connectivity index (χ0n) is 20.2. The minimum Gasteiger partial charge on any atom is -0.486 e. The highest BCUT2D eigenvalue weighted by molar-refractivity contribution is 6.30. The van der Waals surface area contributed by atoms with Crippen molar-refractivity contribution in [3.05, 3.63) is 94.8 Å². The van der Waals surface area contributed by atoms with E-state index in [1.807, 2.05) is 24.3 Å². The summed E-state index contributed by atoms with van der Waals surface area (Å²) in [6.45, 7) is 7.78. The number of fused-ring (bicyclic) bond motifs is 1. The van der Waals surface area contributed by atoms with E-state index in [1.165, 1.54) is 16.6 Å². The second-order valence-electron chi connectivity index (χ2n) is 8.70. The molecule has 0 spiro atoms. The maximum atomic E-state index is 6.03. The van der Waals surface area contributed by atoms with Gasteiger partial charge in [0.15, 0.2) is 0 Å². The number of aromatic nitrogens is 2. The molecule has 0 radical (unpaired) electrons. The van der Waals surface area contributed by atoms with Gasteiger partial charge in [0.2, 0.25) is 0 Å². The van der Waals surface area contributed by atoms with Crippen LogP contribution in [0.5, 0.6) is 5.75 Å². The molecule has 35 heavy (non-hydrogen) atoms. The van der Waals surface area contributed by atoms with Crippen molar-refractivity contribution >= 4 is 47.4 Å². The molecule has 0 aliphatic rings. The molecule has 1 aromatic heterocycles. The largest absolute Gasteiger partial charge is 0.486 e. The van der Waals surface area contributed by atoms with Crippen LogP contribution in [0.4, 0.5) is 0 Å². The molecule has 0 amide bonds. The number of imidazole rings is 1. The number of para-hydroxylation sites is 1. The van der Waals surface area contributed by atoms with Gasteiger partial charge in [-0.05, 0) is 80.2 Å². The van der Waals surface area contributed by atoms with Crippen molar-refractivity contribution in [1.29, 1.82) is 0 Å². The number of ether oxygens (including phenoxy) is 1. The summed E-state index contributed by atoms with van der Waals surface area (Å²) in [6.07, 6.45) is 2.14. The number of aryl methyl sites for hydroxylation is 2. The highest BCUT2D eigenvalue weighted by Crippen LogP contribution is 2.23. The first kappa shape index (κ1) is 29.0. The molecule has 1 unspecified atom stereocenters. The second-order valence-corrected chi connectivity index (χ2v) is 9.13. The van der Waals surface area contributed by atoms with Crippen LogP contribution in [-0.2, 0) is 19.6 Å². The Balaban J connectivity index is 0.00000216. The molecule has 0 aliphatic heterocycles. The third kappa shape index (κ3) is 8.15. The van der Waals surface area contributed by atoms with Gasteiger partial charge in [0.1, 0.15) is 18.2 Å². The van der Waals surface area contributed by atoms with Crippen LogP contribution < -0.4 is 10.1 Å². The van der Waals surface area contributed by atoms with E-state index in [1.54, 1.807) is 0 Å². The van der Waals surface area contributed by atoms with Gasteiger partial charge in [-0.1, -0.05) is 61.0 Å². The SMILES string of the molecule is Cc1cccc2c1nc(COc1ccc(Cl)cc1)n2CCC(C)CNCCc1ccccc1.Cl.Cl. The molecule has 1 heterocycles. The summed E-state index contributed by atoms with van der Waals surface area (Å²) in [5.74, 6) is 2.32. The van der Waals surface area contributed by atoms with Crippen LogP contribution >= 0.6 is 36.4 Å². The van der Waals surface area contributed by atoms with Crippen molar-refractivity contribution in [1.82, 2.24) is 14.9 Å². The fourth-order valence-corrected chi connectivity index (χ4v) is 4.18. The van der Waals surface area contributed by atoms with E-state index in [0.717, 1.165) is 49.6 Å². The molecule has 1 atom stereocenters. The Morgan fingerprint density at radius 2 is 1.71 bits per heavy atom. The van der Waals surface area contributed by atoms with Gasteiger partial charge in [-0.2, -0.15) is 0 Å². The van der Waals surface area contributed by atoms with E-state index < -0.39 is 0 Å². The zero-order chi connectivity index (χ0) is 23.0. The summed E-state index contributed by atoms with van der Waals surface area (Å²) in [6, 6.07) is 24.5. The van der Waals surface area contributed by atoms with Gasteiger partial charge < -0.3 is 14.6 Å². The Bertz CT molecular complexity index is 1160. The van der Waals surface area contributed by atoms with Crippen molar-refractivity contribution < 1.29 is 4.74 Å². The van der Waals surface area contributed by atoms with Crippen LogP contribution in [-0.4, -0.2) is 22.6 Å². The monoisotopic (exact) mass is 533 g/mol. The Morgan fingerprint density at radius 3 is 2.46 bits per heavy atom. The lowest BCUT2D eigenvalue weighted by Crippen LogP contribution is -2.24. The minimum atomic E-state index is 0. The molecular weight excluding hydrogens is 501 g/mol. The Kier molecular flexibility index (Phi) is 11.9. The molecule has 3 aromatic carbocycles. The van der Waals surface area contributed by atoms with E-state index in [2.05, 4.69) is 72.3 Å². The lowest BCUT2D eigenvalue weighted by molar-refractivity contribution is 0.288. The van der Waals surface area contributed by atoms with Gasteiger partial charge in [-0.25, -0.2) is 4.98 Å². The average Bonchev–Trinajstić information content (AvgIpc) is 3.19. The van der Waals surface area contributed by atoms with Crippen LogP contribution in [0.3, 0.4) is 0 Å². The number of hydrogen-bond acceptors (Lipinski definition) is 3. The lowest BCUT2D eigenvalue weighted by atomic mass is 10.1. The summed E-state index contributed by atoms with van der Waals surface area (Å²) in [5.41, 5.74) is 4.80. The first-order chi connectivity index (χ1) is 16.1. The molecule has 4 rings (SSSR count). The second kappa shape index (κ2) is 14.4. The van der Waals surface area contributed by atoms with E-state index in [9.17, 15) is 0 Å². The molecule has 0 aliphatic carbocycles. The smallest absolute Gasteiger partial charge is 0.148 e. The van der Waals surface area contributed by atoms with Gasteiger partial charge >= 0.3 is 0 Å². The molecule has 0 saturated heterocycles. The maximum Gasteiger partial charge on any atom is 0.148 e. The van der Waals surface area contributed by atoms with Crippen molar-refractivity contribution in [3.63, 3.8) is 0 Å². The molecule has 188 valence electrons. The van der Waals surface area contributed by atoms with Crippen molar-refractivity contribution in [3.8, 4) is 5.75 Å². The van der Waals surface area contributed by atoms with E-state index >= 15 is 0 Å². The summed E-state index contributed by atoms with van der Waals surface area (Å²) in [5, 5.41) is 4.32. The highest BCUT2D eigenvalue weighted by atomic mass is 35.5. The summed E-state index contributed by atoms with van der Waals surface area (Å²) < 4.78 is 8.35. The Labute approximate surface area is 225 Å². The molecule has 0 fully saturated rings. The molecular formula is C28H34Cl3N3O. The number of nitrogens with one attached hydrogen (secondary N) is 1. The van der Waals surface area contributed by atoms with Crippen LogP contribution in [0.2, 0.25) is 5.02 Å². The zero-order valence-corrected chi connectivity index (χ0v) is 22.6. The number of hydrogen-bond donors (Lipinski definition) is 1. The standard InChI is InChI=1S/C28H32ClN3O.2ClH/c1-21(19-30-17-15-23-8-4-3-5-9-23)16-18-32-26-10-6-7-22(2)28(26)31-27(32)20-33-25-13-11-24(29)12-14-25;;/h3-14,21,30H,15-20H2,1-2H3;2*1H. The number of nitrogens with zero attached hydrogens (tertiary/aromatic N) is 2. The Morgan fingerprint density at radius 1 is 0.971 bits per heavy atom. The first-order valence-electron chi connectivity index (χ1n) is 11.7. The van der Waals surface area contributed by atoms with Gasteiger partial charge in [-0.15, -0.1) is 24.8 Å². The molecule has 7 heteroatoms. The van der Waals surface area contributed by atoms with Crippen LogP contribution in [0.15, 0.2) is 72.8 Å². The fourth-order valence-electron chi connectivity index (χ4n) is 4.05. The molecule has 1 N–H and O–H groups in total. The predicted molar refractivity (Wildman–Crippen MR) is 152 cm³/mol. The first-order valence-corrected chi connectivity index (χ1v) is 12.1. The topological polar surface area (TPSA) is 39.1 Å². The predicted octanol–water partition coefficient (Wildman–Crippen LogP) is 7.28. The molecule has 0 saturated carbocycles. The van der Waals surface area contributed by atoms with Gasteiger partial charge in [0, 0.05) is 11.6 Å². The van der Waals surface area contributed by atoms with Crippen LogP contribution in [0.1, 0.15) is 30.3 Å². The third-order valence-electron chi connectivity index (χ3n) is 6.01. The quantitative estimate of drug-likeness (QED) is 0.206. The lowest BCUT2D eigenvalue weighted by Gasteiger charge is -2.15. The normalized spacial score (nSPS) is 11.5. The van der Waals surface area contributed by atoms with E-state index in [4.69, 9.17) is 21.3 Å². The summed E-state index contributed by atoms with van der Waals surface area (Å²) in [7, 11) is 0. The van der Waals surface area contributed by atoms with Crippen LogP contribution in [0.25, 0.3) is 11.0 Å². The summed E-state index contributed by atoms with van der Waals surface area (Å²) in [4.78, 5) is 4.93. The minimum absolute atomic E-state index is 0. The summed E-state index contributed by atoms with van der Waals surface area (Å²) >= 11 is 6.00. The van der Waals surface area contributed by atoms with Gasteiger partial charge in [0.05, 0.1) is 11.0 Å². The molecule has 4 aromatic rings. The van der Waals surface area contributed by atoms with Crippen molar-refractivity contribution in [2.75, 3.05) is 13.1 Å². The van der Waals surface area contributed by atoms with Crippen LogP contribution in [0, 0.1) is 12.8 Å². The fraction of sp³-hybridized carbons (Fsp3) is 0.321. The third-order valence-corrected chi connectivity index (χ3v) is 6.26. The Hall–Kier alpha value is -2.24. The van der Waals surface area contributed by atoms with Gasteiger partial charge in [0.25, 0.3) is 0 Å². The highest BCUT2D eigenvalue weighted by Gasteiger charge is 2.14. The molecule has 0 bridgehead atoms. The van der Waals surface area contributed by atoms with E-state index in [0.29, 0.717) is 17.5 Å². The maximum absolute atomic E-state index is 6.03.